The number of hydrogen-bond donors (Lipinski definition) is 1. The van der Waals surface area contributed by atoms with Crippen molar-refractivity contribution in [1.82, 2.24) is 10.3 Å². The molecule has 1 aromatic rings. The van der Waals surface area contributed by atoms with Crippen LogP contribution in [0.3, 0.4) is 0 Å². The first-order chi connectivity index (χ1) is 9.17. The summed E-state index contributed by atoms with van der Waals surface area (Å²) in [4.78, 5) is 7.42. The fourth-order valence-electron chi connectivity index (χ4n) is 2.88. The van der Waals surface area contributed by atoms with Crippen LogP contribution in [0.2, 0.25) is 0 Å². The minimum Gasteiger partial charge on any atom is -0.342 e. The number of rotatable bonds is 6. The quantitative estimate of drug-likeness (QED) is 0.855. The van der Waals surface area contributed by atoms with E-state index in [1.54, 1.807) is 11.3 Å². The van der Waals surface area contributed by atoms with Crippen molar-refractivity contribution in [2.45, 2.75) is 71.5 Å². The summed E-state index contributed by atoms with van der Waals surface area (Å²) < 4.78 is 0. The monoisotopic (exact) mass is 281 g/mol. The summed E-state index contributed by atoms with van der Waals surface area (Å²) in [5.74, 6) is 0. The molecule has 1 aliphatic rings. The van der Waals surface area contributed by atoms with Crippen LogP contribution >= 0.6 is 11.3 Å². The topological polar surface area (TPSA) is 28.2 Å². The molecule has 1 fully saturated rings. The van der Waals surface area contributed by atoms with E-state index in [0.717, 1.165) is 6.54 Å². The Hall–Kier alpha value is -0.610. The summed E-state index contributed by atoms with van der Waals surface area (Å²) in [7, 11) is 0. The molecule has 1 N–H and O–H groups in total. The molecule has 108 valence electrons. The molecule has 3 nitrogen and oxygen atoms in total. The van der Waals surface area contributed by atoms with Gasteiger partial charge in [0.15, 0.2) is 5.13 Å². The third-order valence-electron chi connectivity index (χ3n) is 4.13. The second-order valence-corrected chi connectivity index (χ2v) is 6.46. The molecule has 3 unspecified atom stereocenters. The summed E-state index contributed by atoms with van der Waals surface area (Å²) in [5.41, 5.74) is 1.20. The Morgan fingerprint density at radius 1 is 1.47 bits per heavy atom. The Morgan fingerprint density at radius 2 is 2.26 bits per heavy atom. The molecule has 1 aromatic heterocycles. The van der Waals surface area contributed by atoms with Crippen molar-refractivity contribution in [3.8, 4) is 0 Å². The van der Waals surface area contributed by atoms with Gasteiger partial charge in [-0.15, -0.1) is 11.3 Å². The SMILES string of the molecule is CCCNC(C)c1csc(N2C(C)CCC2CC)n1. The highest BCUT2D eigenvalue weighted by molar-refractivity contribution is 7.13. The normalized spacial score (nSPS) is 24.9. The van der Waals surface area contributed by atoms with E-state index in [0.29, 0.717) is 18.1 Å². The molecule has 0 aromatic carbocycles. The van der Waals surface area contributed by atoms with Gasteiger partial charge >= 0.3 is 0 Å². The van der Waals surface area contributed by atoms with Crippen LogP contribution in [0.1, 0.15) is 65.1 Å². The van der Waals surface area contributed by atoms with Gasteiger partial charge < -0.3 is 10.2 Å². The number of anilines is 1. The van der Waals surface area contributed by atoms with Crippen molar-refractivity contribution in [3.05, 3.63) is 11.1 Å². The van der Waals surface area contributed by atoms with Crippen LogP contribution in [0.25, 0.3) is 0 Å². The minimum atomic E-state index is 0.364. The smallest absolute Gasteiger partial charge is 0.186 e. The van der Waals surface area contributed by atoms with E-state index in [4.69, 9.17) is 4.98 Å². The van der Waals surface area contributed by atoms with Crippen LogP contribution in [-0.2, 0) is 0 Å². The number of nitrogens with one attached hydrogen (secondary N) is 1. The third kappa shape index (κ3) is 3.29. The zero-order chi connectivity index (χ0) is 13.8. The first kappa shape index (κ1) is 14.8. The van der Waals surface area contributed by atoms with Crippen LogP contribution in [-0.4, -0.2) is 23.6 Å². The molecule has 0 aliphatic carbocycles. The molecule has 2 heterocycles. The highest BCUT2D eigenvalue weighted by Gasteiger charge is 2.31. The Labute approximate surface area is 121 Å². The Balaban J connectivity index is 2.07. The number of thiazole rings is 1. The fourth-order valence-corrected chi connectivity index (χ4v) is 3.97. The van der Waals surface area contributed by atoms with E-state index in [9.17, 15) is 0 Å². The molecule has 0 amide bonds. The standard InChI is InChI=1S/C15H27N3S/c1-5-9-16-12(4)14-10-19-15(17-14)18-11(3)7-8-13(18)6-2/h10-13,16H,5-9H2,1-4H3. The molecular weight excluding hydrogens is 254 g/mol. The maximum atomic E-state index is 4.88. The van der Waals surface area contributed by atoms with Crippen molar-refractivity contribution in [1.29, 1.82) is 0 Å². The van der Waals surface area contributed by atoms with E-state index < -0.39 is 0 Å². The molecule has 0 bridgehead atoms. The van der Waals surface area contributed by atoms with Crippen molar-refractivity contribution in [2.75, 3.05) is 11.4 Å². The van der Waals surface area contributed by atoms with E-state index in [1.165, 1.54) is 36.5 Å². The lowest BCUT2D eigenvalue weighted by Gasteiger charge is -2.27. The molecule has 0 spiro atoms. The van der Waals surface area contributed by atoms with Crippen LogP contribution in [0.15, 0.2) is 5.38 Å². The van der Waals surface area contributed by atoms with Crippen LogP contribution in [0, 0.1) is 0 Å². The van der Waals surface area contributed by atoms with Gasteiger partial charge in [0.1, 0.15) is 0 Å². The van der Waals surface area contributed by atoms with Gasteiger partial charge in [0.2, 0.25) is 0 Å². The molecule has 1 saturated heterocycles. The molecular formula is C15H27N3S. The lowest BCUT2D eigenvalue weighted by atomic mass is 10.2. The van der Waals surface area contributed by atoms with E-state index in [1.807, 2.05) is 0 Å². The fraction of sp³-hybridized carbons (Fsp3) is 0.800. The van der Waals surface area contributed by atoms with Crippen molar-refractivity contribution in [2.24, 2.45) is 0 Å². The Bertz CT molecular complexity index is 390. The predicted molar refractivity (Wildman–Crippen MR) is 84.1 cm³/mol. The number of aromatic nitrogens is 1. The van der Waals surface area contributed by atoms with Crippen LogP contribution in [0.5, 0.6) is 0 Å². The Morgan fingerprint density at radius 3 is 2.95 bits per heavy atom. The summed E-state index contributed by atoms with van der Waals surface area (Å²) >= 11 is 1.81. The lowest BCUT2D eigenvalue weighted by Crippen LogP contribution is -2.34. The molecule has 1 aliphatic heterocycles. The Kier molecular flexibility index (Phi) is 5.22. The average molecular weight is 281 g/mol. The second kappa shape index (κ2) is 6.71. The first-order valence-electron chi connectivity index (χ1n) is 7.64. The van der Waals surface area contributed by atoms with Crippen molar-refractivity contribution >= 4 is 16.5 Å². The van der Waals surface area contributed by atoms with Gasteiger partial charge in [-0.05, 0) is 46.1 Å². The molecule has 3 atom stereocenters. The lowest BCUT2D eigenvalue weighted by molar-refractivity contribution is 0.558. The summed E-state index contributed by atoms with van der Waals surface area (Å²) in [6.07, 6.45) is 5.01. The third-order valence-corrected chi connectivity index (χ3v) is 5.00. The first-order valence-corrected chi connectivity index (χ1v) is 8.52. The van der Waals surface area contributed by atoms with Gasteiger partial charge in [-0.2, -0.15) is 0 Å². The largest absolute Gasteiger partial charge is 0.342 e. The zero-order valence-electron chi connectivity index (χ0n) is 12.6. The maximum absolute atomic E-state index is 4.88. The number of nitrogens with zero attached hydrogens (tertiary/aromatic N) is 2. The van der Waals surface area contributed by atoms with Gasteiger partial charge in [-0.1, -0.05) is 13.8 Å². The average Bonchev–Trinajstić information content (AvgIpc) is 3.01. The zero-order valence-corrected chi connectivity index (χ0v) is 13.5. The van der Waals surface area contributed by atoms with Gasteiger partial charge in [0, 0.05) is 23.5 Å². The highest BCUT2D eigenvalue weighted by atomic mass is 32.1. The maximum Gasteiger partial charge on any atom is 0.186 e. The second-order valence-electron chi connectivity index (χ2n) is 5.63. The van der Waals surface area contributed by atoms with Crippen molar-refractivity contribution < 1.29 is 0 Å². The van der Waals surface area contributed by atoms with Crippen LogP contribution < -0.4 is 10.2 Å². The van der Waals surface area contributed by atoms with Crippen molar-refractivity contribution in [3.63, 3.8) is 0 Å². The molecule has 2 rings (SSSR count). The van der Waals surface area contributed by atoms with E-state index in [2.05, 4.69) is 43.3 Å². The van der Waals surface area contributed by atoms with Gasteiger partial charge in [0.05, 0.1) is 5.69 Å². The van der Waals surface area contributed by atoms with Gasteiger partial charge in [-0.3, -0.25) is 0 Å². The van der Waals surface area contributed by atoms with Crippen LogP contribution in [0.4, 0.5) is 5.13 Å². The van der Waals surface area contributed by atoms with Gasteiger partial charge in [0.25, 0.3) is 0 Å². The highest BCUT2D eigenvalue weighted by Crippen LogP contribution is 2.34. The van der Waals surface area contributed by atoms with E-state index >= 15 is 0 Å². The minimum absolute atomic E-state index is 0.364. The molecule has 0 radical (unpaired) electrons. The van der Waals surface area contributed by atoms with Gasteiger partial charge in [-0.25, -0.2) is 4.98 Å². The number of hydrogen-bond acceptors (Lipinski definition) is 4. The summed E-state index contributed by atoms with van der Waals surface area (Å²) in [6, 6.07) is 1.69. The summed E-state index contributed by atoms with van der Waals surface area (Å²) in [6.45, 7) is 10.1. The molecule has 19 heavy (non-hydrogen) atoms. The molecule has 0 saturated carbocycles. The summed E-state index contributed by atoms with van der Waals surface area (Å²) in [5, 5.41) is 6.96. The predicted octanol–water partition coefficient (Wildman–Crippen LogP) is 3.97. The molecule has 4 heteroatoms. The van der Waals surface area contributed by atoms with E-state index in [-0.39, 0.29) is 0 Å².